The molecule has 3 amide bonds. The highest BCUT2D eigenvalue weighted by Gasteiger charge is 2.57. The molecule has 3 aliphatic rings. The van der Waals surface area contributed by atoms with Crippen LogP contribution >= 0.6 is 11.8 Å². The molecule has 5 rings (SSSR count). The van der Waals surface area contributed by atoms with Crippen LogP contribution in [0.1, 0.15) is 31.7 Å². The lowest BCUT2D eigenvalue weighted by molar-refractivity contribution is -0.136. The van der Waals surface area contributed by atoms with Crippen LogP contribution in [0.2, 0.25) is 0 Å². The maximum absolute atomic E-state index is 13.7. The van der Waals surface area contributed by atoms with Crippen LogP contribution in [0.25, 0.3) is 10.8 Å². The summed E-state index contributed by atoms with van der Waals surface area (Å²) in [5.74, 6) is 2.44. The third-order valence-corrected chi connectivity index (χ3v) is 8.34. The van der Waals surface area contributed by atoms with Crippen LogP contribution in [-0.4, -0.2) is 69.4 Å². The molecular weight excluding hydrogens is 394 g/mol. The Morgan fingerprint density at radius 3 is 2.57 bits per heavy atom. The second-order valence-electron chi connectivity index (χ2n) is 8.64. The van der Waals surface area contributed by atoms with E-state index < -0.39 is 5.54 Å². The third-order valence-electron chi connectivity index (χ3n) is 7.19. The molecule has 2 aromatic carbocycles. The average Bonchev–Trinajstić information content (AvgIpc) is 3.38. The first-order valence-electron chi connectivity index (χ1n) is 11.1. The fourth-order valence-electron chi connectivity index (χ4n) is 5.51. The lowest BCUT2D eigenvalue weighted by Gasteiger charge is -2.43. The number of likely N-dealkylation sites (tertiary alicyclic amines) is 1. The Balaban J connectivity index is 1.40. The number of thioether (sulfide) groups is 1. The van der Waals surface area contributed by atoms with Crippen molar-refractivity contribution in [2.24, 2.45) is 0 Å². The number of hydrogen-bond acceptors (Lipinski definition) is 4. The Hall–Kier alpha value is -2.05. The number of likely N-dealkylation sites (N-methyl/N-ethyl adjacent to an activating group) is 1. The molecule has 3 saturated heterocycles. The molecule has 0 saturated carbocycles. The van der Waals surface area contributed by atoms with Gasteiger partial charge in [-0.2, -0.15) is 11.8 Å². The molecule has 3 heterocycles. The van der Waals surface area contributed by atoms with E-state index in [1.165, 1.54) is 22.8 Å². The number of piperidine rings is 1. The molecular formula is C24H29N3O2S. The minimum atomic E-state index is -0.654. The zero-order chi connectivity index (χ0) is 20.7. The Kier molecular flexibility index (Phi) is 5.23. The largest absolute Gasteiger partial charge is 0.327 e. The number of carbonyl (C=O) groups excluding carboxylic acids is 2. The lowest BCUT2D eigenvalue weighted by Crippen LogP contribution is -2.57. The number of hydrogen-bond donors (Lipinski definition) is 0. The molecule has 1 atom stereocenters. The van der Waals surface area contributed by atoms with Gasteiger partial charge < -0.3 is 4.90 Å². The van der Waals surface area contributed by atoms with Gasteiger partial charge in [0.2, 0.25) is 0 Å². The number of imide groups is 1. The van der Waals surface area contributed by atoms with Crippen molar-refractivity contribution in [1.82, 2.24) is 14.7 Å². The molecule has 0 aliphatic carbocycles. The van der Waals surface area contributed by atoms with Crippen molar-refractivity contribution in [3.63, 3.8) is 0 Å². The molecule has 0 aromatic heterocycles. The molecule has 3 aliphatic heterocycles. The monoisotopic (exact) mass is 423 g/mol. The van der Waals surface area contributed by atoms with E-state index in [4.69, 9.17) is 0 Å². The molecule has 30 heavy (non-hydrogen) atoms. The molecule has 0 radical (unpaired) electrons. The van der Waals surface area contributed by atoms with E-state index in [-0.39, 0.29) is 11.9 Å². The van der Waals surface area contributed by atoms with Crippen LogP contribution in [0.3, 0.4) is 0 Å². The van der Waals surface area contributed by atoms with Crippen molar-refractivity contribution in [2.75, 3.05) is 31.1 Å². The van der Waals surface area contributed by atoms with Crippen LogP contribution in [-0.2, 0) is 11.3 Å². The summed E-state index contributed by atoms with van der Waals surface area (Å²) in [7, 11) is 0. The summed E-state index contributed by atoms with van der Waals surface area (Å²) < 4.78 is 0. The van der Waals surface area contributed by atoms with Gasteiger partial charge in [-0.25, -0.2) is 4.79 Å². The summed E-state index contributed by atoms with van der Waals surface area (Å²) in [6, 6.07) is 14.8. The molecule has 1 spiro atoms. The first-order valence-corrected chi connectivity index (χ1v) is 12.2. The molecule has 0 N–H and O–H groups in total. The topological polar surface area (TPSA) is 43.9 Å². The lowest BCUT2D eigenvalue weighted by atomic mass is 9.85. The SMILES string of the molecule is CCN1C(=O)N(Cc2cccc3ccccc23)C(=O)C12CCN([C@H]1CCSC1)CC2. The number of rotatable bonds is 4. The maximum Gasteiger partial charge on any atom is 0.327 e. The highest BCUT2D eigenvalue weighted by atomic mass is 32.2. The van der Waals surface area contributed by atoms with Crippen LogP contribution in [0, 0.1) is 0 Å². The third kappa shape index (κ3) is 3.12. The number of benzene rings is 2. The second kappa shape index (κ2) is 7.89. The van der Waals surface area contributed by atoms with Crippen molar-refractivity contribution >= 4 is 34.5 Å². The van der Waals surface area contributed by atoms with Crippen molar-refractivity contribution in [3.05, 3.63) is 48.0 Å². The quantitative estimate of drug-likeness (QED) is 0.698. The van der Waals surface area contributed by atoms with Crippen LogP contribution in [0.15, 0.2) is 42.5 Å². The summed E-state index contributed by atoms with van der Waals surface area (Å²) in [5.41, 5.74) is 0.377. The fourth-order valence-corrected chi connectivity index (χ4v) is 6.77. The first-order chi connectivity index (χ1) is 14.6. The minimum Gasteiger partial charge on any atom is -0.310 e. The number of carbonyl (C=O) groups is 2. The van der Waals surface area contributed by atoms with Crippen molar-refractivity contribution in [2.45, 2.75) is 44.3 Å². The van der Waals surface area contributed by atoms with Gasteiger partial charge in [0, 0.05) is 31.4 Å². The normalized spacial score (nSPS) is 24.5. The number of nitrogens with zero attached hydrogens (tertiary/aromatic N) is 3. The fraction of sp³-hybridized carbons (Fsp3) is 0.500. The number of fused-ring (bicyclic) bond motifs is 1. The molecule has 2 aromatic rings. The molecule has 0 bridgehead atoms. The summed E-state index contributed by atoms with van der Waals surface area (Å²) in [6.07, 6.45) is 2.74. The standard InChI is InChI=1S/C24H29N3O2S/c1-2-27-23(29)26(16-19-8-5-7-18-6-3-4-9-21(18)19)22(28)24(27)11-13-25(14-12-24)20-10-15-30-17-20/h3-9,20H,2,10-17H2,1H3/t20-/m0/s1. The smallest absolute Gasteiger partial charge is 0.310 e. The van der Waals surface area contributed by atoms with Gasteiger partial charge in [-0.1, -0.05) is 42.5 Å². The summed E-state index contributed by atoms with van der Waals surface area (Å²) in [4.78, 5) is 32.9. The second-order valence-corrected chi connectivity index (χ2v) is 9.79. The van der Waals surface area contributed by atoms with Gasteiger partial charge in [-0.3, -0.25) is 14.6 Å². The van der Waals surface area contributed by atoms with E-state index in [1.54, 1.807) is 0 Å². The van der Waals surface area contributed by atoms with Gasteiger partial charge in [0.15, 0.2) is 0 Å². The van der Waals surface area contributed by atoms with E-state index in [0.29, 0.717) is 19.1 Å². The molecule has 158 valence electrons. The zero-order valence-corrected chi connectivity index (χ0v) is 18.4. The van der Waals surface area contributed by atoms with E-state index >= 15 is 0 Å². The summed E-state index contributed by atoms with van der Waals surface area (Å²) in [5, 5.41) is 2.25. The molecule has 0 unspecified atom stereocenters. The van der Waals surface area contributed by atoms with Crippen LogP contribution < -0.4 is 0 Å². The zero-order valence-electron chi connectivity index (χ0n) is 17.5. The Labute approximate surface area is 182 Å². The minimum absolute atomic E-state index is 0.00253. The average molecular weight is 424 g/mol. The van der Waals surface area contributed by atoms with Gasteiger partial charge in [-0.05, 0) is 48.3 Å². The predicted octanol–water partition coefficient (Wildman–Crippen LogP) is 3.96. The van der Waals surface area contributed by atoms with Gasteiger partial charge >= 0.3 is 6.03 Å². The molecule has 3 fully saturated rings. The van der Waals surface area contributed by atoms with Crippen LogP contribution in [0.4, 0.5) is 4.79 Å². The van der Waals surface area contributed by atoms with Crippen molar-refractivity contribution < 1.29 is 9.59 Å². The van der Waals surface area contributed by atoms with Crippen molar-refractivity contribution in [3.8, 4) is 0 Å². The first kappa shape index (κ1) is 19.9. The number of urea groups is 1. The molecule has 6 heteroatoms. The Morgan fingerprint density at radius 2 is 1.83 bits per heavy atom. The predicted molar refractivity (Wildman–Crippen MR) is 122 cm³/mol. The Morgan fingerprint density at radius 1 is 1.07 bits per heavy atom. The van der Waals surface area contributed by atoms with Gasteiger partial charge in [0.1, 0.15) is 5.54 Å². The highest BCUT2D eigenvalue weighted by Crippen LogP contribution is 2.39. The van der Waals surface area contributed by atoms with Crippen molar-refractivity contribution in [1.29, 1.82) is 0 Å². The summed E-state index contributed by atoms with van der Waals surface area (Å²) >= 11 is 2.03. The Bertz CT molecular complexity index is 959. The molecule has 5 nitrogen and oxygen atoms in total. The van der Waals surface area contributed by atoms with Gasteiger partial charge in [0.05, 0.1) is 6.54 Å². The van der Waals surface area contributed by atoms with E-state index in [1.807, 2.05) is 47.9 Å². The maximum atomic E-state index is 13.7. The van der Waals surface area contributed by atoms with E-state index in [0.717, 1.165) is 42.3 Å². The highest BCUT2D eigenvalue weighted by molar-refractivity contribution is 7.99. The van der Waals surface area contributed by atoms with E-state index in [2.05, 4.69) is 23.1 Å². The van der Waals surface area contributed by atoms with Gasteiger partial charge in [-0.15, -0.1) is 0 Å². The number of amides is 3. The van der Waals surface area contributed by atoms with E-state index in [9.17, 15) is 9.59 Å². The van der Waals surface area contributed by atoms with Crippen LogP contribution in [0.5, 0.6) is 0 Å². The van der Waals surface area contributed by atoms with Gasteiger partial charge in [0.25, 0.3) is 5.91 Å². The summed E-state index contributed by atoms with van der Waals surface area (Å²) in [6.45, 7) is 4.73.